The number of nitrogens with one attached hydrogen (secondary N) is 3. The molecule has 0 unspecified atom stereocenters. The molecule has 1 aromatic heterocycles. The van der Waals surface area contributed by atoms with Gasteiger partial charge in [0.1, 0.15) is 17.1 Å². The normalized spacial score (nSPS) is 17.2. The summed E-state index contributed by atoms with van der Waals surface area (Å²) in [6, 6.07) is 28.1. The maximum absolute atomic E-state index is 12.8. The minimum atomic E-state index is -4.40. The van der Waals surface area contributed by atoms with Crippen LogP contribution in [0.25, 0.3) is 0 Å². The molecule has 1 fully saturated rings. The van der Waals surface area contributed by atoms with Gasteiger partial charge >= 0.3 is 5.97 Å². The third-order valence-electron chi connectivity index (χ3n) is 7.89. The Morgan fingerprint density at radius 1 is 0.925 bits per heavy atom. The number of β-lactam (4-membered cyclic amide) rings is 1. The van der Waals surface area contributed by atoms with Crippen LogP contribution >= 0.6 is 23.5 Å². The number of aromatic nitrogens is 4. The number of hydrogen-bond acceptors (Lipinski definition) is 13. The van der Waals surface area contributed by atoms with E-state index in [1.807, 2.05) is 12.1 Å². The molecule has 3 heterocycles. The molecule has 0 spiro atoms. The summed E-state index contributed by atoms with van der Waals surface area (Å²) in [5.41, 5.74) is 3.15. The predicted molar refractivity (Wildman–Crippen MR) is 197 cm³/mol. The zero-order chi connectivity index (χ0) is 37.8. The number of tetrazole rings is 1. The van der Waals surface area contributed by atoms with Gasteiger partial charge < -0.3 is 26.2 Å². The Hall–Kier alpha value is -4.63. The number of thioether (sulfide) groups is 2. The summed E-state index contributed by atoms with van der Waals surface area (Å²) in [6.45, 7) is 3.85. The van der Waals surface area contributed by atoms with Gasteiger partial charge in [-0.3, -0.25) is 19.0 Å². The van der Waals surface area contributed by atoms with Crippen molar-refractivity contribution in [2.45, 2.75) is 41.6 Å². The molecule has 0 saturated carbocycles. The van der Waals surface area contributed by atoms with Crippen molar-refractivity contribution >= 4 is 51.4 Å². The second-order valence-corrected chi connectivity index (χ2v) is 15.2. The molecule has 16 nitrogen and oxygen atoms in total. The van der Waals surface area contributed by atoms with Crippen molar-refractivity contribution in [3.05, 3.63) is 119 Å². The van der Waals surface area contributed by atoms with E-state index < -0.39 is 51.3 Å². The lowest BCUT2D eigenvalue weighted by atomic mass is 10.0. The highest BCUT2D eigenvalue weighted by Gasteiger charge is 2.54. The van der Waals surface area contributed by atoms with E-state index in [0.29, 0.717) is 11.1 Å². The third-order valence-corrected chi connectivity index (χ3v) is 10.8. The van der Waals surface area contributed by atoms with E-state index in [9.17, 15) is 33.0 Å². The Morgan fingerprint density at radius 2 is 1.49 bits per heavy atom. The molecular formula is C34H38N8O8S3. The molecule has 3 aromatic carbocycles. The Kier molecular flexibility index (Phi) is 14.1. The standard InChI is InChI=1S/C18H18N6O8S3.C16H20N2/c25-13(9-4-2-1-3-5-9)14(26)19-11-15(27)24-12(17(28)29)10(6-33-16(11)24)7-34-18-20-21-22-23(18)8-35(30,31)32;1-3-7-15(8-4-1)13-17-11-12-18-14-16-9-5-2-6-10-16/h1-5,11,13,16,25H,6-8H2,(H,19,26)(H,28,29)(H,30,31,32);1-10,17-18H,11-14H2/t11-,13-,16-;/m1./s1. The van der Waals surface area contributed by atoms with Crippen LogP contribution in [0.15, 0.2) is 107 Å². The molecule has 0 radical (unpaired) electrons. The van der Waals surface area contributed by atoms with Gasteiger partial charge in [-0.05, 0) is 32.7 Å². The predicted octanol–water partition coefficient (Wildman–Crippen LogP) is 1.65. The van der Waals surface area contributed by atoms with Gasteiger partial charge in [0.2, 0.25) is 5.16 Å². The van der Waals surface area contributed by atoms with E-state index in [2.05, 4.69) is 80.0 Å². The molecule has 1 saturated heterocycles. The third kappa shape index (κ3) is 11.2. The first-order valence-electron chi connectivity index (χ1n) is 16.3. The highest BCUT2D eigenvalue weighted by atomic mass is 32.2. The van der Waals surface area contributed by atoms with Crippen LogP contribution in [0.2, 0.25) is 0 Å². The Balaban J connectivity index is 0.000000252. The molecule has 19 heteroatoms. The monoisotopic (exact) mass is 782 g/mol. The fourth-order valence-corrected chi connectivity index (χ4v) is 8.26. The number of benzene rings is 3. The lowest BCUT2D eigenvalue weighted by Crippen LogP contribution is -2.70. The van der Waals surface area contributed by atoms with Gasteiger partial charge in [0.05, 0.1) is 0 Å². The maximum Gasteiger partial charge on any atom is 0.352 e. The van der Waals surface area contributed by atoms with Gasteiger partial charge in [0.25, 0.3) is 21.9 Å². The second-order valence-electron chi connectivity index (χ2n) is 11.8. The zero-order valence-electron chi connectivity index (χ0n) is 28.2. The topological polar surface area (TPSA) is 229 Å². The van der Waals surface area contributed by atoms with Crippen LogP contribution in [0.5, 0.6) is 0 Å². The number of rotatable bonds is 16. The van der Waals surface area contributed by atoms with Crippen molar-refractivity contribution in [1.82, 2.24) is 41.1 Å². The van der Waals surface area contributed by atoms with E-state index in [0.717, 1.165) is 47.5 Å². The number of hydrogen-bond donors (Lipinski definition) is 6. The largest absolute Gasteiger partial charge is 0.477 e. The molecule has 2 amide bonds. The quantitative estimate of drug-likeness (QED) is 0.0411. The van der Waals surface area contributed by atoms with Crippen molar-refractivity contribution in [3.8, 4) is 0 Å². The lowest BCUT2D eigenvalue weighted by Gasteiger charge is -2.49. The summed E-state index contributed by atoms with van der Waals surface area (Å²) >= 11 is 2.17. The molecule has 53 heavy (non-hydrogen) atoms. The fraction of sp³-hybridized carbons (Fsp3) is 0.294. The average Bonchev–Trinajstić information content (AvgIpc) is 3.60. The number of aliphatic hydroxyl groups excluding tert-OH is 1. The van der Waals surface area contributed by atoms with Gasteiger partial charge in [-0.15, -0.1) is 16.9 Å². The Labute approximate surface area is 314 Å². The lowest BCUT2D eigenvalue weighted by molar-refractivity contribution is -0.151. The van der Waals surface area contributed by atoms with Gasteiger partial charge in [-0.1, -0.05) is 103 Å². The first kappa shape index (κ1) is 39.6. The molecule has 3 atom stereocenters. The zero-order valence-corrected chi connectivity index (χ0v) is 30.6. The number of aliphatic carboxylic acids is 1. The van der Waals surface area contributed by atoms with Gasteiger partial charge in [0, 0.05) is 37.7 Å². The minimum Gasteiger partial charge on any atom is -0.477 e. The van der Waals surface area contributed by atoms with Crippen molar-refractivity contribution < 1.29 is 37.6 Å². The van der Waals surface area contributed by atoms with E-state index in [4.69, 9.17) is 4.55 Å². The van der Waals surface area contributed by atoms with E-state index in [-0.39, 0.29) is 22.4 Å². The first-order valence-corrected chi connectivity index (χ1v) is 19.9. The Bertz CT molecular complexity index is 1940. The summed E-state index contributed by atoms with van der Waals surface area (Å²) in [6.07, 6.45) is -1.48. The summed E-state index contributed by atoms with van der Waals surface area (Å²) in [4.78, 5) is 38.3. The van der Waals surface area contributed by atoms with Crippen LogP contribution in [0.4, 0.5) is 0 Å². The summed E-state index contributed by atoms with van der Waals surface area (Å²) < 4.78 is 32.0. The molecular weight excluding hydrogens is 745 g/mol. The van der Waals surface area contributed by atoms with Crippen LogP contribution in [0.3, 0.4) is 0 Å². The molecule has 6 rings (SSSR count). The smallest absolute Gasteiger partial charge is 0.352 e. The van der Waals surface area contributed by atoms with Crippen molar-refractivity contribution in [3.63, 3.8) is 0 Å². The first-order chi connectivity index (χ1) is 25.5. The Morgan fingerprint density at radius 3 is 2.04 bits per heavy atom. The number of aliphatic hydroxyl groups is 1. The summed E-state index contributed by atoms with van der Waals surface area (Å²) in [5.74, 6) is -3.39. The number of carboxylic acid groups (broad SMARTS) is 1. The van der Waals surface area contributed by atoms with Crippen LogP contribution in [0, 0.1) is 0 Å². The molecule has 2 aliphatic rings. The summed E-state index contributed by atoms with van der Waals surface area (Å²) in [5, 5.41) is 39.2. The fourth-order valence-electron chi connectivity index (χ4n) is 5.33. The number of carbonyl (C=O) groups excluding carboxylic acids is 2. The molecule has 2 aliphatic heterocycles. The molecule has 0 aliphatic carbocycles. The molecule has 4 aromatic rings. The average molecular weight is 783 g/mol. The number of nitrogens with zero attached hydrogens (tertiary/aromatic N) is 5. The van der Waals surface area contributed by atoms with Crippen molar-refractivity contribution in [1.29, 1.82) is 0 Å². The van der Waals surface area contributed by atoms with Crippen LogP contribution < -0.4 is 16.0 Å². The van der Waals surface area contributed by atoms with Gasteiger partial charge in [-0.25, -0.2) is 9.48 Å². The summed E-state index contributed by atoms with van der Waals surface area (Å²) in [7, 11) is -4.40. The van der Waals surface area contributed by atoms with E-state index >= 15 is 0 Å². The molecule has 6 N–H and O–H groups in total. The maximum atomic E-state index is 12.8. The number of amides is 2. The van der Waals surface area contributed by atoms with Gasteiger partial charge in [-0.2, -0.15) is 8.42 Å². The van der Waals surface area contributed by atoms with E-state index in [1.165, 1.54) is 22.9 Å². The van der Waals surface area contributed by atoms with Crippen LogP contribution in [-0.4, -0.2) is 102 Å². The SMILES string of the molecule is O=C(O)C1=C(CSc2nnnn2CS(=O)(=O)O)CS[C@@H]2[C@H](NC(=O)[C@H](O)c3ccccc3)C(=O)N12.c1ccc(CNCCNCc2ccccc2)cc1. The number of carbonyl (C=O) groups is 3. The highest BCUT2D eigenvalue weighted by Crippen LogP contribution is 2.41. The van der Waals surface area contributed by atoms with E-state index in [1.54, 1.807) is 30.3 Å². The van der Waals surface area contributed by atoms with Crippen LogP contribution in [0.1, 0.15) is 22.8 Å². The van der Waals surface area contributed by atoms with Crippen molar-refractivity contribution in [2.75, 3.05) is 24.6 Å². The minimum absolute atomic E-state index is 0.0285. The molecule has 280 valence electrons. The number of carboxylic acids is 1. The molecule has 0 bridgehead atoms. The van der Waals surface area contributed by atoms with Crippen molar-refractivity contribution in [2.24, 2.45) is 0 Å². The second kappa shape index (κ2) is 18.9. The van der Waals surface area contributed by atoms with Crippen LogP contribution in [-0.2, 0) is 43.5 Å². The number of fused-ring (bicyclic) bond motifs is 1. The van der Waals surface area contributed by atoms with Gasteiger partial charge in [0.15, 0.2) is 12.0 Å². The highest BCUT2D eigenvalue weighted by molar-refractivity contribution is 8.01.